The molecule has 1 heterocycles. The molecule has 0 unspecified atom stereocenters. The highest BCUT2D eigenvalue weighted by Gasteiger charge is 2.41. The Morgan fingerprint density at radius 1 is 0.949 bits per heavy atom. The second kappa shape index (κ2) is 10.8. The summed E-state index contributed by atoms with van der Waals surface area (Å²) >= 11 is 0. The Balaban J connectivity index is 1.69. The van der Waals surface area contributed by atoms with Crippen molar-refractivity contribution >= 4 is 23.1 Å². The molecular weight excluding hydrogens is 499 g/mol. The normalized spacial score (nSPS) is 18.5. The van der Waals surface area contributed by atoms with Gasteiger partial charge in [0.05, 0.1) is 38.7 Å². The summed E-state index contributed by atoms with van der Waals surface area (Å²) in [4.78, 5) is 29.1. The molecule has 1 N–H and O–H groups in total. The van der Waals surface area contributed by atoms with Gasteiger partial charge in [-0.15, -0.1) is 0 Å². The second-order valence-corrected chi connectivity index (χ2v) is 9.60. The predicted molar refractivity (Wildman–Crippen MR) is 147 cm³/mol. The summed E-state index contributed by atoms with van der Waals surface area (Å²) in [5.74, 6) is 0.609. The number of allylic oxidation sites excluding steroid dienone is 1. The van der Waals surface area contributed by atoms with E-state index in [9.17, 15) is 14.0 Å². The van der Waals surface area contributed by atoms with Crippen LogP contribution in [-0.2, 0) is 9.59 Å². The van der Waals surface area contributed by atoms with Gasteiger partial charge in [0.15, 0.2) is 17.3 Å². The number of halogens is 1. The molecule has 39 heavy (non-hydrogen) atoms. The summed E-state index contributed by atoms with van der Waals surface area (Å²) < 4.78 is 31.1. The third-order valence-corrected chi connectivity index (χ3v) is 7.38. The van der Waals surface area contributed by atoms with E-state index in [2.05, 4.69) is 5.32 Å². The van der Waals surface area contributed by atoms with E-state index in [1.165, 1.54) is 12.1 Å². The van der Waals surface area contributed by atoms with Crippen LogP contribution in [0.1, 0.15) is 49.3 Å². The summed E-state index contributed by atoms with van der Waals surface area (Å²) in [6, 6.07) is 16.6. The molecule has 2 aliphatic rings. The number of hydrogen-bond donors (Lipinski definition) is 1. The minimum absolute atomic E-state index is 0.113. The lowest BCUT2D eigenvalue weighted by molar-refractivity contribution is -0.119. The van der Waals surface area contributed by atoms with Crippen LogP contribution in [-0.4, -0.2) is 33.0 Å². The third-order valence-electron chi connectivity index (χ3n) is 7.38. The number of fused-ring (bicyclic) bond motifs is 1. The fourth-order valence-electron chi connectivity index (χ4n) is 5.60. The Labute approximate surface area is 227 Å². The van der Waals surface area contributed by atoms with Crippen LogP contribution in [0.15, 0.2) is 71.9 Å². The number of nitrogens with one attached hydrogen (secondary N) is 1. The molecule has 0 bridgehead atoms. The van der Waals surface area contributed by atoms with Crippen molar-refractivity contribution in [3.63, 3.8) is 0 Å². The maximum Gasteiger partial charge on any atom is 0.227 e. The summed E-state index contributed by atoms with van der Waals surface area (Å²) in [7, 11) is 4.66. The lowest BCUT2D eigenvalue weighted by Crippen LogP contribution is -2.38. The quantitative estimate of drug-likeness (QED) is 0.411. The number of rotatable bonds is 6. The lowest BCUT2D eigenvalue weighted by atomic mass is 9.78. The monoisotopic (exact) mass is 530 g/mol. The van der Waals surface area contributed by atoms with Crippen LogP contribution in [0.2, 0.25) is 0 Å². The second-order valence-electron chi connectivity index (χ2n) is 9.60. The molecular formula is C31H31FN2O5. The maximum atomic E-state index is 14.5. The molecule has 7 nitrogen and oxygen atoms in total. The number of carbonyl (C=O) groups is 2. The number of amides is 1. The Morgan fingerprint density at radius 3 is 2.31 bits per heavy atom. The number of hydrogen-bond acceptors (Lipinski definition) is 6. The summed E-state index contributed by atoms with van der Waals surface area (Å²) in [6.07, 6.45) is 0.925. The highest BCUT2D eigenvalue weighted by molar-refractivity contribution is 6.06. The fourth-order valence-corrected chi connectivity index (χ4v) is 5.60. The van der Waals surface area contributed by atoms with Crippen LogP contribution in [0.25, 0.3) is 0 Å². The standard InChI is InChI=1S/C31H31FN2O5/c1-5-28(36)34-24-12-7-6-11-22(24)33-23-14-19(20-16-26(37-2)31(39-4)27(17-20)38-3)15-25(35)29(23)30(34)18-9-8-10-21(32)13-18/h6-13,16-17,19,30,33H,5,14-15H2,1-4H3/t19-,30+/m1/s1. The number of nitrogens with zero attached hydrogens (tertiary/aromatic N) is 1. The molecule has 0 aromatic heterocycles. The minimum atomic E-state index is -0.771. The molecule has 1 aliphatic heterocycles. The van der Waals surface area contributed by atoms with E-state index in [0.717, 1.165) is 5.56 Å². The van der Waals surface area contributed by atoms with Crippen molar-refractivity contribution < 1.29 is 28.2 Å². The zero-order valence-corrected chi connectivity index (χ0v) is 22.4. The molecule has 3 aromatic rings. The molecule has 0 fully saturated rings. The van der Waals surface area contributed by atoms with Crippen molar-refractivity contribution in [3.05, 3.63) is 88.9 Å². The molecule has 202 valence electrons. The number of carbonyl (C=O) groups excluding carboxylic acids is 2. The van der Waals surface area contributed by atoms with Crippen LogP contribution >= 0.6 is 0 Å². The first-order valence-electron chi connectivity index (χ1n) is 12.9. The third kappa shape index (κ3) is 4.71. The zero-order chi connectivity index (χ0) is 27.7. The number of Topliss-reactive ketones (excluding diaryl/α,β-unsaturated/α-hetero) is 1. The topological polar surface area (TPSA) is 77.1 Å². The van der Waals surface area contributed by atoms with Gasteiger partial charge >= 0.3 is 0 Å². The average molecular weight is 531 g/mol. The molecule has 0 saturated carbocycles. The van der Waals surface area contributed by atoms with Crippen molar-refractivity contribution in [2.24, 2.45) is 0 Å². The van der Waals surface area contributed by atoms with Gasteiger partial charge in [-0.3, -0.25) is 14.5 Å². The first-order chi connectivity index (χ1) is 18.9. The van der Waals surface area contributed by atoms with Gasteiger partial charge in [-0.25, -0.2) is 4.39 Å². The Morgan fingerprint density at radius 2 is 1.67 bits per heavy atom. The molecule has 0 spiro atoms. The van der Waals surface area contributed by atoms with Gasteiger partial charge in [0.2, 0.25) is 11.7 Å². The van der Waals surface area contributed by atoms with E-state index < -0.39 is 11.9 Å². The van der Waals surface area contributed by atoms with Gasteiger partial charge < -0.3 is 19.5 Å². The van der Waals surface area contributed by atoms with Gasteiger partial charge in [0, 0.05) is 24.1 Å². The molecule has 1 amide bonds. The van der Waals surface area contributed by atoms with E-state index >= 15 is 0 Å². The van der Waals surface area contributed by atoms with Crippen molar-refractivity contribution in [2.45, 2.75) is 38.1 Å². The van der Waals surface area contributed by atoms with Crippen molar-refractivity contribution in [2.75, 3.05) is 31.5 Å². The SMILES string of the molecule is CCC(=O)N1c2ccccc2NC2=C(C(=O)C[C@H](c3cc(OC)c(OC)c(OC)c3)C2)[C@@H]1c1cccc(F)c1. The number of ether oxygens (including phenoxy) is 3. The zero-order valence-electron chi connectivity index (χ0n) is 22.4. The summed E-state index contributed by atoms with van der Waals surface area (Å²) in [6.45, 7) is 1.78. The molecule has 8 heteroatoms. The molecule has 3 aromatic carbocycles. The van der Waals surface area contributed by atoms with Crippen LogP contribution < -0.4 is 24.4 Å². The highest BCUT2D eigenvalue weighted by Crippen LogP contribution is 2.49. The smallest absolute Gasteiger partial charge is 0.227 e. The number of benzene rings is 3. The van der Waals surface area contributed by atoms with E-state index in [0.29, 0.717) is 51.9 Å². The summed E-state index contributed by atoms with van der Waals surface area (Å²) in [5.41, 5.74) is 3.95. The molecule has 0 radical (unpaired) electrons. The van der Waals surface area contributed by atoms with E-state index in [-0.39, 0.29) is 30.4 Å². The van der Waals surface area contributed by atoms with Crippen molar-refractivity contribution in [3.8, 4) is 17.2 Å². The number of ketones is 1. The first kappa shape index (κ1) is 26.3. The van der Waals surface area contributed by atoms with Crippen LogP contribution in [0.3, 0.4) is 0 Å². The average Bonchev–Trinajstić information content (AvgIpc) is 3.10. The van der Waals surface area contributed by atoms with Crippen molar-refractivity contribution in [1.29, 1.82) is 0 Å². The van der Waals surface area contributed by atoms with E-state index in [1.54, 1.807) is 45.3 Å². The van der Waals surface area contributed by atoms with Crippen LogP contribution in [0, 0.1) is 5.82 Å². The number of methoxy groups -OCH3 is 3. The van der Waals surface area contributed by atoms with Gasteiger partial charge in [-0.05, 0) is 59.9 Å². The Hall–Kier alpha value is -4.33. The van der Waals surface area contributed by atoms with Gasteiger partial charge in [0.1, 0.15) is 5.82 Å². The molecule has 1 aliphatic carbocycles. The Kier molecular flexibility index (Phi) is 7.28. The maximum absolute atomic E-state index is 14.5. The van der Waals surface area contributed by atoms with Crippen molar-refractivity contribution in [1.82, 2.24) is 0 Å². The minimum Gasteiger partial charge on any atom is -0.493 e. The molecule has 2 atom stereocenters. The van der Waals surface area contributed by atoms with Gasteiger partial charge in [-0.1, -0.05) is 31.2 Å². The lowest BCUT2D eigenvalue weighted by Gasteiger charge is -2.35. The van der Waals surface area contributed by atoms with Crippen LogP contribution in [0.5, 0.6) is 17.2 Å². The molecule has 0 saturated heterocycles. The van der Waals surface area contributed by atoms with Gasteiger partial charge in [-0.2, -0.15) is 0 Å². The van der Waals surface area contributed by atoms with Gasteiger partial charge in [0.25, 0.3) is 0 Å². The molecule has 5 rings (SSSR count). The summed E-state index contributed by atoms with van der Waals surface area (Å²) in [5, 5.41) is 3.48. The number of para-hydroxylation sites is 2. The predicted octanol–water partition coefficient (Wildman–Crippen LogP) is 6.16. The van der Waals surface area contributed by atoms with E-state index in [4.69, 9.17) is 14.2 Å². The Bertz CT molecular complexity index is 1440. The first-order valence-corrected chi connectivity index (χ1v) is 12.9. The van der Waals surface area contributed by atoms with Crippen LogP contribution in [0.4, 0.5) is 15.8 Å². The number of anilines is 2. The largest absolute Gasteiger partial charge is 0.493 e. The fraction of sp³-hybridized carbons (Fsp3) is 0.290. The highest BCUT2D eigenvalue weighted by atomic mass is 19.1. The van der Waals surface area contributed by atoms with E-state index in [1.807, 2.05) is 36.4 Å².